The first-order valence-electron chi connectivity index (χ1n) is 44.3. The number of alkyl halides is 1. The van der Waals surface area contributed by atoms with Gasteiger partial charge in [0.05, 0.1) is 0 Å². The van der Waals surface area contributed by atoms with Crippen molar-refractivity contribution in [3.05, 3.63) is 144 Å². The van der Waals surface area contributed by atoms with Gasteiger partial charge in [-0.15, -0.1) is 12.4 Å². The number of halogens is 2. The highest BCUT2D eigenvalue weighted by Gasteiger charge is 2.42. The molecule has 8 heterocycles. The molecule has 0 aliphatic carbocycles. The predicted molar refractivity (Wildman–Crippen MR) is 495 cm³/mol. The molecular weight excluding hydrogens is 1610 g/mol. The lowest BCUT2D eigenvalue weighted by Gasteiger charge is -2.51. The minimum Gasteiger partial charge on any atom is -0.444 e. The molecule has 5 atom stereocenters. The summed E-state index contributed by atoms with van der Waals surface area (Å²) >= 11 is 3.36. The number of carbonyl (C=O) groups excluding carboxylic acids is 6. The third-order valence-corrected chi connectivity index (χ3v) is 23.0. The molecule has 8 saturated heterocycles. The van der Waals surface area contributed by atoms with Gasteiger partial charge in [0, 0.05) is 217 Å². The Labute approximate surface area is 743 Å². The van der Waals surface area contributed by atoms with Crippen LogP contribution in [0, 0.1) is 0 Å². The van der Waals surface area contributed by atoms with E-state index in [1.807, 2.05) is 143 Å². The molecule has 0 bridgehead atoms. The second kappa shape index (κ2) is 49.9. The number of likely N-dealkylation sites (tertiary alicyclic amines) is 3. The van der Waals surface area contributed by atoms with Gasteiger partial charge in [0.25, 0.3) is 0 Å². The van der Waals surface area contributed by atoms with E-state index in [0.717, 1.165) is 175 Å². The van der Waals surface area contributed by atoms with Gasteiger partial charge in [0.2, 0.25) is 0 Å². The molecule has 0 unspecified atom stereocenters. The Balaban J connectivity index is 0.000000257. The first-order chi connectivity index (χ1) is 56.3. The molecule has 26 heteroatoms. The number of hydrogen-bond donors (Lipinski definition) is 3. The van der Waals surface area contributed by atoms with Crippen LogP contribution in [-0.4, -0.2) is 292 Å². The maximum absolute atomic E-state index is 12.4. The third-order valence-electron chi connectivity index (χ3n) is 22.4. The first-order valence-corrected chi connectivity index (χ1v) is 45.4. The summed E-state index contributed by atoms with van der Waals surface area (Å²) in [5.74, 6) is 0.227. The van der Waals surface area contributed by atoms with Crippen LogP contribution in [0.4, 0.5) is 24.0 Å². The van der Waals surface area contributed by atoms with Gasteiger partial charge in [0.1, 0.15) is 33.8 Å². The van der Waals surface area contributed by atoms with Crippen molar-refractivity contribution in [2.24, 2.45) is 0 Å². The fraction of sp³-hybridized carbons (Fsp3) is 0.684. The topological polar surface area (TPSA) is 217 Å². The van der Waals surface area contributed by atoms with E-state index in [1.54, 1.807) is 9.80 Å². The summed E-state index contributed by atoms with van der Waals surface area (Å²) in [5.41, 5.74) is 3.71. The van der Waals surface area contributed by atoms with Crippen molar-refractivity contribution in [3.8, 4) is 0 Å². The Kier molecular flexibility index (Phi) is 43.2. The van der Waals surface area contributed by atoms with Gasteiger partial charge in [-0.25, -0.2) is 24.0 Å². The number of benzene rings is 4. The van der Waals surface area contributed by atoms with Gasteiger partial charge in [-0.1, -0.05) is 137 Å². The van der Waals surface area contributed by atoms with Crippen molar-refractivity contribution >= 4 is 64.6 Å². The van der Waals surface area contributed by atoms with E-state index in [2.05, 4.69) is 202 Å². The highest BCUT2D eigenvalue weighted by atomic mass is 79.9. The number of rotatable bonds is 9. The summed E-state index contributed by atoms with van der Waals surface area (Å²) in [5, 5.41) is 11.1. The summed E-state index contributed by atoms with van der Waals surface area (Å²) in [6.07, 6.45) is 3.93. The maximum atomic E-state index is 12.4. The Morgan fingerprint density at radius 3 is 1.01 bits per heavy atom. The van der Waals surface area contributed by atoms with Crippen molar-refractivity contribution < 1.29 is 52.5 Å². The quantitative estimate of drug-likeness (QED) is 0.105. The normalized spacial score (nSPS) is 22.1. The summed E-state index contributed by atoms with van der Waals surface area (Å²) in [6.45, 7) is 66.0. The van der Waals surface area contributed by atoms with Crippen molar-refractivity contribution in [1.29, 1.82) is 0 Å². The smallest absolute Gasteiger partial charge is 0.410 e. The van der Waals surface area contributed by atoms with Crippen LogP contribution in [0.5, 0.6) is 0 Å². The summed E-state index contributed by atoms with van der Waals surface area (Å²) in [4.78, 5) is 92.4. The molecular formula is C95H157BrClN13O11. The lowest BCUT2D eigenvalue weighted by molar-refractivity contribution is -0.121. The number of carbonyl (C=O) groups is 6. The zero-order valence-corrected chi connectivity index (χ0v) is 80.5. The number of ketones is 1. The molecule has 8 fully saturated rings. The van der Waals surface area contributed by atoms with E-state index in [-0.39, 0.29) is 59.7 Å². The molecule has 24 nitrogen and oxygen atoms in total. The SMILES string of the molecule is BrCc1ccccc1.CC(C)(C)OC(=O)N1CCC(=O)CC1.C[C@H]1CN(C(=O)OC(C)(C)C)CCN1.C[C@H]1CN(C(=O)OC(C)(C)C)CCN1Cc1ccccc1.C[C@H]1CN(C2(C)CCN(C(=O)OC(C)(C)C)CC2)CCN1.C[C@H]1CN(C2(C)CCN(C(=O)OC(C)(C)C)CC2)CCN1Cc1ccccc1.C[C@H]1CNCCN1Cc1ccccc1.Cl. The fourth-order valence-corrected chi connectivity index (χ4v) is 15.7. The van der Waals surface area contributed by atoms with E-state index in [9.17, 15) is 28.8 Å². The Hall–Kier alpha value is -6.65. The standard InChI is InChI=1S/C23H37N3O2.C17H26N2O2.C16H31N3O2.C12H18N2.C10H20N2O2.C10H17NO3.C7H7Br.ClH/c1-19-17-26(16-15-25(19)18-20-9-7-6-8-10-20)23(5)11-13-24(14-12-23)21(27)28-22(2,3)4;1-14-12-19(16(20)21-17(2,3)4)11-10-18(14)13-15-8-6-5-7-9-15;1-13-12-19(11-8-17-13)16(5)6-9-18(10-7-16)14(20)21-15(2,3)4;1-11-9-13-7-8-14(11)10-12-5-3-2-4-6-12;1-8-7-12(6-5-11-8)9(13)14-10(2,3)4;1-10(2,3)14-9(13)11-6-4-8(12)5-7-11;8-6-7-4-2-1-3-5-7;/h6-10,19H,11-18H2,1-5H3;5-9,14H,10-13H2,1-4H3;13,17H,6-12H2,1-5H3;2-6,11,13H,7-10H2,1H3;8,11H,5-7H2,1-4H3;4-7H2,1-3H3;1-5H,6H2;1H/t19-;14-;13-;11-;8-;;;/m00000.../s1. The van der Waals surface area contributed by atoms with Crippen LogP contribution in [0.25, 0.3) is 0 Å². The first kappa shape index (κ1) is 105. The molecule has 0 saturated carbocycles. The monoisotopic (exact) mass is 1770 g/mol. The Morgan fingerprint density at radius 2 is 0.678 bits per heavy atom. The van der Waals surface area contributed by atoms with E-state index < -0.39 is 28.0 Å². The molecule has 12 rings (SSSR count). The molecule has 0 spiro atoms. The number of amides is 5. The number of ether oxygens (including phenoxy) is 5. The van der Waals surface area contributed by atoms with Gasteiger partial charge in [-0.05, 0) is 200 Å². The van der Waals surface area contributed by atoms with Crippen LogP contribution in [-0.2, 0) is 53.4 Å². The molecule has 3 N–H and O–H groups in total. The Morgan fingerprint density at radius 1 is 0.364 bits per heavy atom. The predicted octanol–water partition coefficient (Wildman–Crippen LogP) is 16.5. The number of piperazine rings is 5. The van der Waals surface area contributed by atoms with Crippen LogP contribution in [0.3, 0.4) is 0 Å². The van der Waals surface area contributed by atoms with Crippen molar-refractivity contribution in [3.63, 3.8) is 0 Å². The van der Waals surface area contributed by atoms with E-state index in [4.69, 9.17) is 23.7 Å². The fourth-order valence-electron chi connectivity index (χ4n) is 15.3. The molecule has 682 valence electrons. The summed E-state index contributed by atoms with van der Waals surface area (Å²) in [6, 6.07) is 44.6. The second-order valence-electron chi connectivity index (χ2n) is 39.1. The molecule has 8 aliphatic heterocycles. The van der Waals surface area contributed by atoms with Crippen LogP contribution < -0.4 is 16.0 Å². The molecule has 121 heavy (non-hydrogen) atoms. The van der Waals surface area contributed by atoms with Gasteiger partial charge in [-0.2, -0.15) is 0 Å². The zero-order chi connectivity index (χ0) is 88.7. The van der Waals surface area contributed by atoms with Crippen molar-refractivity contribution in [2.75, 3.05) is 137 Å². The van der Waals surface area contributed by atoms with Crippen LogP contribution in [0.1, 0.15) is 213 Å². The van der Waals surface area contributed by atoms with Gasteiger partial charge in [-0.3, -0.25) is 29.3 Å². The van der Waals surface area contributed by atoms with Crippen LogP contribution in [0.2, 0.25) is 0 Å². The minimum absolute atomic E-state index is 0. The lowest BCUT2D eigenvalue weighted by Crippen LogP contribution is -2.62. The van der Waals surface area contributed by atoms with Gasteiger partial charge >= 0.3 is 30.5 Å². The third kappa shape index (κ3) is 40.0. The lowest BCUT2D eigenvalue weighted by atomic mass is 9.86. The van der Waals surface area contributed by atoms with Crippen LogP contribution >= 0.6 is 28.3 Å². The average molecular weight is 1770 g/mol. The number of Topliss-reactive ketones (excluding diaryl/α,β-unsaturated/α-hetero) is 1. The van der Waals surface area contributed by atoms with E-state index in [0.29, 0.717) is 56.1 Å². The number of hydrogen-bond acceptors (Lipinski definition) is 19. The Bertz CT molecular complexity index is 3650. The minimum atomic E-state index is -0.460. The number of nitrogens with zero attached hydrogens (tertiary/aromatic N) is 10. The van der Waals surface area contributed by atoms with E-state index in [1.165, 1.54) is 22.3 Å². The molecule has 8 aliphatic rings. The summed E-state index contributed by atoms with van der Waals surface area (Å²) < 4.78 is 26.9. The van der Waals surface area contributed by atoms with Crippen molar-refractivity contribution in [1.82, 2.24) is 64.9 Å². The highest BCUT2D eigenvalue weighted by Crippen LogP contribution is 2.34. The molecule has 0 aromatic heterocycles. The van der Waals surface area contributed by atoms with Crippen molar-refractivity contribution in [2.45, 2.75) is 285 Å². The second-order valence-corrected chi connectivity index (χ2v) is 39.7. The molecule has 4 aromatic carbocycles. The number of nitrogens with one attached hydrogen (secondary N) is 3. The molecule has 4 aromatic rings. The maximum Gasteiger partial charge on any atom is 0.410 e. The average Bonchev–Trinajstić information content (AvgIpc) is 0.796. The largest absolute Gasteiger partial charge is 0.444 e. The highest BCUT2D eigenvalue weighted by molar-refractivity contribution is 9.08. The molecule has 0 radical (unpaired) electrons. The van der Waals surface area contributed by atoms with Crippen LogP contribution in [0.15, 0.2) is 121 Å². The molecule has 5 amide bonds. The number of piperidine rings is 3. The zero-order valence-electron chi connectivity index (χ0n) is 78.1. The summed E-state index contributed by atoms with van der Waals surface area (Å²) in [7, 11) is 0. The van der Waals surface area contributed by atoms with Gasteiger partial charge in [0.15, 0.2) is 0 Å². The van der Waals surface area contributed by atoms with Gasteiger partial charge < -0.3 is 64.1 Å². The van der Waals surface area contributed by atoms with E-state index >= 15 is 0 Å².